The third-order valence-corrected chi connectivity index (χ3v) is 5.19. The van der Waals surface area contributed by atoms with Crippen LogP contribution in [0.25, 0.3) is 0 Å². The molecule has 4 heteroatoms. The Labute approximate surface area is 126 Å². The van der Waals surface area contributed by atoms with Gasteiger partial charge in [0.05, 0.1) is 6.20 Å². The average molecular weight is 290 g/mol. The molecule has 2 heterocycles. The predicted octanol–water partition coefficient (Wildman–Crippen LogP) is 3.60. The van der Waals surface area contributed by atoms with Gasteiger partial charge in [0.2, 0.25) is 5.91 Å². The van der Waals surface area contributed by atoms with E-state index in [4.69, 9.17) is 4.42 Å². The lowest BCUT2D eigenvalue weighted by molar-refractivity contribution is -0.136. The molecule has 1 aliphatic heterocycles. The van der Waals surface area contributed by atoms with Crippen molar-refractivity contribution in [2.24, 2.45) is 11.8 Å². The van der Waals surface area contributed by atoms with E-state index < -0.39 is 0 Å². The Morgan fingerprint density at radius 3 is 2.67 bits per heavy atom. The summed E-state index contributed by atoms with van der Waals surface area (Å²) in [4.78, 5) is 18.9. The van der Waals surface area contributed by atoms with Gasteiger partial charge in [-0.05, 0) is 25.2 Å². The summed E-state index contributed by atoms with van der Waals surface area (Å²) in [7, 11) is 0. The van der Waals surface area contributed by atoms with Gasteiger partial charge in [0.25, 0.3) is 0 Å². The van der Waals surface area contributed by atoms with Crippen LogP contribution in [0.4, 0.5) is 0 Å². The van der Waals surface area contributed by atoms with E-state index in [1.807, 2.05) is 0 Å². The zero-order valence-electron chi connectivity index (χ0n) is 13.0. The first-order valence-electron chi connectivity index (χ1n) is 8.42. The third-order valence-electron chi connectivity index (χ3n) is 5.19. The first-order valence-corrected chi connectivity index (χ1v) is 8.42. The maximum absolute atomic E-state index is 12.6. The third kappa shape index (κ3) is 3.47. The number of hydrogen-bond acceptors (Lipinski definition) is 3. The van der Waals surface area contributed by atoms with Crippen LogP contribution in [0.3, 0.4) is 0 Å². The molecule has 0 spiro atoms. The molecule has 0 N–H and O–H groups in total. The molecule has 0 radical (unpaired) electrons. The van der Waals surface area contributed by atoms with Gasteiger partial charge in [-0.15, -0.1) is 0 Å². The summed E-state index contributed by atoms with van der Waals surface area (Å²) in [5, 5.41) is 0. The van der Waals surface area contributed by atoms with E-state index in [9.17, 15) is 4.79 Å². The Morgan fingerprint density at radius 1 is 1.33 bits per heavy atom. The molecule has 2 fully saturated rings. The lowest BCUT2D eigenvalue weighted by atomic mass is 9.91. The van der Waals surface area contributed by atoms with E-state index in [2.05, 4.69) is 16.8 Å². The fourth-order valence-corrected chi connectivity index (χ4v) is 3.94. The van der Waals surface area contributed by atoms with Crippen molar-refractivity contribution in [3.8, 4) is 0 Å². The molecule has 1 aromatic heterocycles. The topological polar surface area (TPSA) is 46.3 Å². The number of rotatable bonds is 4. The Balaban J connectivity index is 1.47. The van der Waals surface area contributed by atoms with Gasteiger partial charge in [0.15, 0.2) is 5.89 Å². The summed E-state index contributed by atoms with van der Waals surface area (Å²) >= 11 is 0. The van der Waals surface area contributed by atoms with E-state index in [1.165, 1.54) is 25.7 Å². The molecule has 1 atom stereocenters. The van der Waals surface area contributed by atoms with Crippen LogP contribution >= 0.6 is 0 Å². The highest BCUT2D eigenvalue weighted by atomic mass is 16.3. The number of amides is 1. The number of piperidine rings is 1. The van der Waals surface area contributed by atoms with Crippen molar-refractivity contribution < 1.29 is 9.21 Å². The van der Waals surface area contributed by atoms with Gasteiger partial charge < -0.3 is 9.32 Å². The van der Waals surface area contributed by atoms with Crippen molar-refractivity contribution in [1.82, 2.24) is 9.88 Å². The second-order valence-corrected chi connectivity index (χ2v) is 6.76. The summed E-state index contributed by atoms with van der Waals surface area (Å²) in [5.41, 5.74) is 0. The smallest absolute Gasteiger partial charge is 0.225 e. The molecule has 0 unspecified atom stereocenters. The fraction of sp³-hybridized carbons (Fsp3) is 0.765. The normalized spacial score (nSPS) is 22.6. The lowest BCUT2D eigenvalue weighted by Crippen LogP contribution is -2.41. The first-order chi connectivity index (χ1) is 10.2. The molecule has 116 valence electrons. The van der Waals surface area contributed by atoms with Crippen molar-refractivity contribution in [1.29, 1.82) is 0 Å². The highest BCUT2D eigenvalue weighted by Gasteiger charge is 2.29. The zero-order chi connectivity index (χ0) is 14.7. The van der Waals surface area contributed by atoms with Gasteiger partial charge >= 0.3 is 0 Å². The summed E-state index contributed by atoms with van der Waals surface area (Å²) in [6.07, 6.45) is 11.7. The predicted molar refractivity (Wildman–Crippen MR) is 80.8 cm³/mol. The molecule has 0 bridgehead atoms. The highest BCUT2D eigenvalue weighted by Crippen LogP contribution is 2.32. The lowest BCUT2D eigenvalue weighted by Gasteiger charge is -2.33. The minimum Gasteiger partial charge on any atom is -0.449 e. The maximum atomic E-state index is 12.6. The van der Waals surface area contributed by atoms with E-state index >= 15 is 0 Å². The largest absolute Gasteiger partial charge is 0.449 e. The minimum atomic E-state index is 0.186. The van der Waals surface area contributed by atoms with E-state index in [1.54, 1.807) is 12.5 Å². The standard InChI is InChI=1S/C17H26N2O2/c1-13(12-14-4-2-3-5-14)17(20)19-9-6-15(7-10-19)16-18-8-11-21-16/h8,11,13-15H,2-7,9-10,12H2,1H3/t13-/m1/s1. The van der Waals surface area contributed by atoms with E-state index in [0.717, 1.165) is 44.2 Å². The van der Waals surface area contributed by atoms with Crippen molar-refractivity contribution in [2.45, 2.75) is 57.8 Å². The molecular formula is C17H26N2O2. The van der Waals surface area contributed by atoms with Crippen LogP contribution in [0.5, 0.6) is 0 Å². The molecule has 3 rings (SSSR count). The van der Waals surface area contributed by atoms with Crippen LogP contribution in [-0.4, -0.2) is 28.9 Å². The summed E-state index contributed by atoms with van der Waals surface area (Å²) < 4.78 is 5.39. The number of carbonyl (C=O) groups is 1. The van der Waals surface area contributed by atoms with Crippen molar-refractivity contribution in [3.05, 3.63) is 18.4 Å². The van der Waals surface area contributed by atoms with Crippen LogP contribution in [-0.2, 0) is 4.79 Å². The number of aromatic nitrogens is 1. The number of likely N-dealkylation sites (tertiary alicyclic amines) is 1. The number of hydrogen-bond donors (Lipinski definition) is 0. The number of carbonyl (C=O) groups excluding carboxylic acids is 1. The van der Waals surface area contributed by atoms with Crippen molar-refractivity contribution in [3.63, 3.8) is 0 Å². The SMILES string of the molecule is C[C@H](CC1CCCC1)C(=O)N1CCC(c2ncco2)CC1. The quantitative estimate of drug-likeness (QED) is 0.851. The molecule has 4 nitrogen and oxygen atoms in total. The van der Waals surface area contributed by atoms with Gasteiger partial charge in [-0.2, -0.15) is 0 Å². The summed E-state index contributed by atoms with van der Waals surface area (Å²) in [6.45, 7) is 3.81. The summed E-state index contributed by atoms with van der Waals surface area (Å²) in [6, 6.07) is 0. The van der Waals surface area contributed by atoms with Gasteiger partial charge in [0, 0.05) is 24.9 Å². The van der Waals surface area contributed by atoms with Crippen LogP contribution in [0.2, 0.25) is 0 Å². The molecule has 1 aromatic rings. The van der Waals surface area contributed by atoms with Gasteiger partial charge in [-0.25, -0.2) is 4.98 Å². The molecule has 1 amide bonds. The Kier molecular flexibility index (Phi) is 4.61. The molecule has 21 heavy (non-hydrogen) atoms. The van der Waals surface area contributed by atoms with Crippen LogP contribution in [0, 0.1) is 11.8 Å². The Morgan fingerprint density at radius 2 is 2.05 bits per heavy atom. The Hall–Kier alpha value is -1.32. The fourth-order valence-electron chi connectivity index (χ4n) is 3.94. The first kappa shape index (κ1) is 14.6. The summed E-state index contributed by atoms with van der Waals surface area (Å²) in [5.74, 6) is 2.54. The molecule has 2 aliphatic rings. The monoisotopic (exact) mass is 290 g/mol. The van der Waals surface area contributed by atoms with E-state index in [-0.39, 0.29) is 5.92 Å². The second kappa shape index (κ2) is 6.63. The van der Waals surface area contributed by atoms with Gasteiger partial charge in [-0.3, -0.25) is 4.79 Å². The average Bonchev–Trinajstić information content (AvgIpc) is 3.20. The molecule has 1 saturated heterocycles. The highest BCUT2D eigenvalue weighted by molar-refractivity contribution is 5.78. The maximum Gasteiger partial charge on any atom is 0.225 e. The second-order valence-electron chi connectivity index (χ2n) is 6.76. The van der Waals surface area contributed by atoms with Crippen LogP contribution < -0.4 is 0 Å². The number of oxazole rings is 1. The minimum absolute atomic E-state index is 0.186. The Bertz CT molecular complexity index is 443. The van der Waals surface area contributed by atoms with Crippen molar-refractivity contribution >= 4 is 5.91 Å². The van der Waals surface area contributed by atoms with Gasteiger partial charge in [0.1, 0.15) is 6.26 Å². The van der Waals surface area contributed by atoms with Crippen molar-refractivity contribution in [2.75, 3.05) is 13.1 Å². The number of nitrogens with zero attached hydrogens (tertiary/aromatic N) is 2. The van der Waals surface area contributed by atoms with E-state index in [0.29, 0.717) is 11.8 Å². The molecule has 1 saturated carbocycles. The molecule has 0 aromatic carbocycles. The van der Waals surface area contributed by atoms with Crippen LogP contribution in [0.1, 0.15) is 63.7 Å². The zero-order valence-corrected chi connectivity index (χ0v) is 13.0. The van der Waals surface area contributed by atoms with Gasteiger partial charge in [-0.1, -0.05) is 32.6 Å². The van der Waals surface area contributed by atoms with Crippen LogP contribution in [0.15, 0.2) is 16.9 Å². The molecular weight excluding hydrogens is 264 g/mol. The molecule has 1 aliphatic carbocycles.